The largest absolute Gasteiger partial charge is 0.380 e. The maximum Gasteiger partial charge on any atom is 0.242 e. The predicted molar refractivity (Wildman–Crippen MR) is 69.6 cm³/mol. The van der Waals surface area contributed by atoms with Crippen molar-refractivity contribution >= 4 is 32.8 Å². The summed E-state index contributed by atoms with van der Waals surface area (Å²) in [6.07, 6.45) is -0.187. The molecule has 1 aliphatic rings. The van der Waals surface area contributed by atoms with Crippen LogP contribution in [0.3, 0.4) is 0 Å². The van der Waals surface area contributed by atoms with Crippen molar-refractivity contribution in [2.24, 2.45) is 8.73 Å². The third-order valence-corrected chi connectivity index (χ3v) is 4.50. The minimum atomic E-state index is -3.59. The Labute approximate surface area is 109 Å². The summed E-state index contributed by atoms with van der Waals surface area (Å²) in [6.45, 7) is 2.00. The molecule has 1 N–H and O–H groups in total. The monoisotopic (exact) mass is 287 g/mol. The Hall–Kier alpha value is -1.09. The van der Waals surface area contributed by atoms with Gasteiger partial charge in [-0.05, 0) is 19.1 Å². The van der Waals surface area contributed by atoms with Gasteiger partial charge in [-0.1, -0.05) is 6.07 Å². The van der Waals surface area contributed by atoms with Gasteiger partial charge >= 0.3 is 0 Å². The van der Waals surface area contributed by atoms with Crippen LogP contribution in [0.1, 0.15) is 6.92 Å². The second kappa shape index (κ2) is 5.27. The molecule has 0 fully saturated rings. The van der Waals surface area contributed by atoms with Gasteiger partial charge in [-0.15, -0.1) is 0 Å². The lowest BCUT2D eigenvalue weighted by Gasteiger charge is -2.12. The summed E-state index contributed by atoms with van der Waals surface area (Å²) in [5, 5.41) is 0. The highest BCUT2D eigenvalue weighted by molar-refractivity contribution is 7.89. The molecule has 1 aromatic carbocycles. The third kappa shape index (κ3) is 2.66. The maximum absolute atomic E-state index is 12.1. The fourth-order valence-corrected chi connectivity index (χ4v) is 3.27. The van der Waals surface area contributed by atoms with Crippen LogP contribution < -0.4 is 4.72 Å². The topological polar surface area (TPSA) is 80.1 Å². The Morgan fingerprint density at radius 1 is 1.44 bits per heavy atom. The highest BCUT2D eigenvalue weighted by Gasteiger charge is 2.22. The normalized spacial score (nSPS) is 15.2. The molecule has 8 heteroatoms. The lowest BCUT2D eigenvalue weighted by Crippen LogP contribution is -2.31. The molecule has 98 valence electrons. The number of sulfonamides is 1. The molecule has 18 heavy (non-hydrogen) atoms. The molecule has 1 heterocycles. The van der Waals surface area contributed by atoms with E-state index in [9.17, 15) is 8.42 Å². The molecule has 1 aromatic rings. The lowest BCUT2D eigenvalue weighted by atomic mass is 10.3. The van der Waals surface area contributed by atoms with Gasteiger partial charge in [0.15, 0.2) is 0 Å². The lowest BCUT2D eigenvalue weighted by molar-refractivity contribution is 0.122. The molecule has 0 aliphatic carbocycles. The number of ether oxygens (including phenoxy) is 1. The predicted octanol–water partition coefficient (Wildman–Crippen LogP) is 1.73. The van der Waals surface area contributed by atoms with Gasteiger partial charge < -0.3 is 4.74 Å². The molecule has 6 nitrogen and oxygen atoms in total. The SMILES string of the molecule is COC(C)CNS(=O)(=O)c1cccc2c1N=S=N2. The van der Waals surface area contributed by atoms with E-state index in [2.05, 4.69) is 13.4 Å². The number of fused-ring (bicyclic) bond motifs is 1. The van der Waals surface area contributed by atoms with E-state index in [4.69, 9.17) is 4.74 Å². The van der Waals surface area contributed by atoms with E-state index < -0.39 is 10.0 Å². The van der Waals surface area contributed by atoms with Crippen LogP contribution in [0.25, 0.3) is 0 Å². The number of nitrogens with zero attached hydrogens (tertiary/aromatic N) is 2. The molecule has 0 bridgehead atoms. The van der Waals surface area contributed by atoms with Gasteiger partial charge in [-0.25, -0.2) is 13.1 Å². The molecule has 0 aromatic heterocycles. The molecule has 0 saturated heterocycles. The quantitative estimate of drug-likeness (QED) is 0.909. The van der Waals surface area contributed by atoms with Crippen molar-refractivity contribution in [3.63, 3.8) is 0 Å². The minimum absolute atomic E-state index is 0.150. The second-order valence-electron chi connectivity index (χ2n) is 3.79. The number of nitrogens with one attached hydrogen (secondary N) is 1. The Kier molecular flexibility index (Phi) is 3.91. The van der Waals surface area contributed by atoms with E-state index in [1.807, 2.05) is 0 Å². The average Bonchev–Trinajstić information content (AvgIpc) is 2.83. The number of benzene rings is 1. The van der Waals surface area contributed by atoms with Gasteiger partial charge in [0.1, 0.15) is 16.3 Å². The highest BCUT2D eigenvalue weighted by Crippen LogP contribution is 2.37. The van der Waals surface area contributed by atoms with Gasteiger partial charge in [0.2, 0.25) is 10.0 Å². The van der Waals surface area contributed by atoms with E-state index in [0.717, 1.165) is 11.4 Å². The third-order valence-electron chi connectivity index (χ3n) is 2.50. The summed E-state index contributed by atoms with van der Waals surface area (Å²) in [5.41, 5.74) is 0.989. The number of rotatable bonds is 5. The van der Waals surface area contributed by atoms with Crippen molar-refractivity contribution in [1.29, 1.82) is 0 Å². The zero-order valence-electron chi connectivity index (χ0n) is 9.95. The molecule has 0 saturated carbocycles. The first-order valence-electron chi connectivity index (χ1n) is 5.28. The highest BCUT2D eigenvalue weighted by atomic mass is 32.2. The molecule has 1 unspecified atom stereocenters. The van der Waals surface area contributed by atoms with Crippen LogP contribution in [0.5, 0.6) is 0 Å². The van der Waals surface area contributed by atoms with Crippen LogP contribution in [0.4, 0.5) is 11.4 Å². The zero-order valence-corrected chi connectivity index (χ0v) is 11.6. The number of hydrogen-bond acceptors (Lipinski definition) is 5. The van der Waals surface area contributed by atoms with Crippen LogP contribution in [-0.2, 0) is 26.1 Å². The molecular formula is C10H13N3O3S2. The fraction of sp³-hybridized carbons (Fsp3) is 0.400. The molecular weight excluding hydrogens is 274 g/mol. The van der Waals surface area contributed by atoms with Crippen molar-refractivity contribution in [2.45, 2.75) is 17.9 Å². The van der Waals surface area contributed by atoms with Crippen molar-refractivity contribution < 1.29 is 13.2 Å². The van der Waals surface area contributed by atoms with Gasteiger partial charge in [-0.3, -0.25) is 0 Å². The van der Waals surface area contributed by atoms with E-state index >= 15 is 0 Å². The Morgan fingerprint density at radius 2 is 2.22 bits per heavy atom. The summed E-state index contributed by atoms with van der Waals surface area (Å²) < 4.78 is 39.8. The number of hydrogen-bond donors (Lipinski definition) is 1. The maximum atomic E-state index is 12.1. The van der Waals surface area contributed by atoms with Crippen LogP contribution in [0.15, 0.2) is 31.8 Å². The van der Waals surface area contributed by atoms with Crippen molar-refractivity contribution in [2.75, 3.05) is 13.7 Å². The van der Waals surface area contributed by atoms with Gasteiger partial charge in [0, 0.05) is 13.7 Å². The van der Waals surface area contributed by atoms with E-state index in [-0.39, 0.29) is 17.5 Å². The minimum Gasteiger partial charge on any atom is -0.380 e. The van der Waals surface area contributed by atoms with Crippen molar-refractivity contribution in [3.8, 4) is 0 Å². The van der Waals surface area contributed by atoms with Crippen molar-refractivity contribution in [1.82, 2.24) is 4.72 Å². The summed E-state index contributed by atoms with van der Waals surface area (Å²) >= 11 is 0.995. The van der Waals surface area contributed by atoms with Gasteiger partial charge in [0.25, 0.3) is 0 Å². The van der Waals surface area contributed by atoms with Gasteiger partial charge in [-0.2, -0.15) is 8.73 Å². The van der Waals surface area contributed by atoms with Crippen LogP contribution in [-0.4, -0.2) is 28.2 Å². The molecule has 1 aliphatic heterocycles. The Morgan fingerprint density at radius 3 is 2.94 bits per heavy atom. The van der Waals surface area contributed by atoms with Crippen LogP contribution in [0, 0.1) is 0 Å². The van der Waals surface area contributed by atoms with E-state index in [0.29, 0.717) is 11.4 Å². The summed E-state index contributed by atoms with van der Waals surface area (Å²) in [5.74, 6) is 0. The smallest absolute Gasteiger partial charge is 0.242 e. The van der Waals surface area contributed by atoms with Crippen molar-refractivity contribution in [3.05, 3.63) is 18.2 Å². The first kappa shape index (κ1) is 13.3. The molecule has 1 atom stereocenters. The Bertz CT molecular complexity index is 621. The second-order valence-corrected chi connectivity index (χ2v) is 6.05. The average molecular weight is 287 g/mol. The fourth-order valence-electron chi connectivity index (χ4n) is 1.39. The summed E-state index contributed by atoms with van der Waals surface area (Å²) in [6, 6.07) is 4.90. The number of methoxy groups -OCH3 is 1. The van der Waals surface area contributed by atoms with Gasteiger partial charge in [0.05, 0.1) is 17.5 Å². The molecule has 0 spiro atoms. The zero-order chi connectivity index (χ0) is 13.2. The standard InChI is InChI=1S/C10H13N3O3S2/c1-7(16-2)6-11-18(14,15)9-5-3-4-8-10(9)13-17-12-8/h3-5,7,11H,6H2,1-2H3. The van der Waals surface area contributed by atoms with E-state index in [1.165, 1.54) is 13.2 Å². The Balaban J connectivity index is 2.27. The molecule has 0 radical (unpaired) electrons. The van der Waals surface area contributed by atoms with Crippen LogP contribution >= 0.6 is 0 Å². The first-order valence-corrected chi connectivity index (χ1v) is 7.49. The molecule has 0 amide bonds. The summed E-state index contributed by atoms with van der Waals surface area (Å²) in [7, 11) is -2.06. The summed E-state index contributed by atoms with van der Waals surface area (Å²) in [4.78, 5) is 0.150. The van der Waals surface area contributed by atoms with E-state index in [1.54, 1.807) is 19.1 Å². The first-order chi connectivity index (χ1) is 8.54. The van der Waals surface area contributed by atoms with Crippen LogP contribution in [0.2, 0.25) is 0 Å². The molecule has 2 rings (SSSR count).